The Morgan fingerprint density at radius 3 is 2.75 bits per heavy atom. The van der Waals surface area contributed by atoms with E-state index in [1.165, 1.54) is 6.33 Å². The van der Waals surface area contributed by atoms with Crippen molar-refractivity contribution in [3.05, 3.63) is 42.5 Å². The fourth-order valence-electron chi connectivity index (χ4n) is 2.51. The van der Waals surface area contributed by atoms with Crippen molar-refractivity contribution in [3.63, 3.8) is 0 Å². The van der Waals surface area contributed by atoms with Crippen LogP contribution in [0.2, 0.25) is 0 Å². The number of nitrogens with two attached hydrogens (primary N) is 1. The van der Waals surface area contributed by atoms with Crippen LogP contribution < -0.4 is 15.6 Å². The van der Waals surface area contributed by atoms with Crippen LogP contribution in [0.4, 0.5) is 5.82 Å². The second-order valence-electron chi connectivity index (χ2n) is 5.98. The zero-order valence-corrected chi connectivity index (χ0v) is 16.3. The van der Waals surface area contributed by atoms with Gasteiger partial charge in [-0.15, -0.1) is 5.09 Å². The number of hydrogen-bond acceptors (Lipinski definition) is 8. The zero-order valence-electron chi connectivity index (χ0n) is 15.4. The summed E-state index contributed by atoms with van der Waals surface area (Å²) in [5.41, 5.74) is 7.27. The minimum Gasteiger partial charge on any atom is -0.497 e. The van der Waals surface area contributed by atoms with Gasteiger partial charge in [0.15, 0.2) is 11.5 Å². The summed E-state index contributed by atoms with van der Waals surface area (Å²) in [6.45, 7) is 2.26. The van der Waals surface area contributed by atoms with Crippen LogP contribution in [0.15, 0.2) is 36.9 Å². The first-order valence-corrected chi connectivity index (χ1v) is 9.85. The van der Waals surface area contributed by atoms with E-state index in [1.54, 1.807) is 42.3 Å². The summed E-state index contributed by atoms with van der Waals surface area (Å²) in [5, 5.41) is 2.43. The molecule has 0 spiro atoms. The average Bonchev–Trinajstić information content (AvgIpc) is 3.10. The van der Waals surface area contributed by atoms with Gasteiger partial charge in [-0.2, -0.15) is 0 Å². The molecule has 146 valence electrons. The van der Waals surface area contributed by atoms with Gasteiger partial charge in [0.1, 0.15) is 17.6 Å². The summed E-state index contributed by atoms with van der Waals surface area (Å²) >= 11 is 0. The minimum atomic E-state index is -2.06. The number of nitrogens with one attached hydrogen (secondary N) is 1. The number of ether oxygens (including phenoxy) is 2. The number of rotatable bonds is 8. The largest absolute Gasteiger partial charge is 0.497 e. The molecule has 2 aromatic heterocycles. The average molecular weight is 403 g/mol. The molecule has 0 saturated heterocycles. The first kappa shape index (κ1) is 19.7. The van der Waals surface area contributed by atoms with E-state index in [1.807, 2.05) is 6.92 Å². The monoisotopic (exact) mass is 403 g/mol. The van der Waals surface area contributed by atoms with Crippen LogP contribution in [0.5, 0.6) is 5.75 Å². The normalized spacial score (nSPS) is 12.6. The maximum atomic E-state index is 12.1. The minimum absolute atomic E-state index is 0.109. The van der Waals surface area contributed by atoms with Crippen molar-refractivity contribution in [2.45, 2.75) is 19.6 Å². The number of fused-ring (bicyclic) bond motifs is 1. The Morgan fingerprint density at radius 2 is 2.04 bits per heavy atom. The van der Waals surface area contributed by atoms with Crippen molar-refractivity contribution in [1.29, 1.82) is 0 Å². The number of aromatic nitrogens is 4. The molecule has 0 fully saturated rings. The number of benzene rings is 1. The van der Waals surface area contributed by atoms with E-state index in [2.05, 4.69) is 20.0 Å². The van der Waals surface area contributed by atoms with Gasteiger partial charge in [-0.1, -0.05) is 0 Å². The molecule has 3 N–H and O–H groups in total. The van der Waals surface area contributed by atoms with E-state index in [0.29, 0.717) is 34.8 Å². The fraction of sp³-hybridized carbons (Fsp3) is 0.294. The van der Waals surface area contributed by atoms with Crippen molar-refractivity contribution in [3.8, 4) is 5.75 Å². The Balaban J connectivity index is 1.50. The number of amides is 1. The summed E-state index contributed by atoms with van der Waals surface area (Å²) in [6.07, 6.45) is 2.57. The molecule has 2 heterocycles. The fourth-order valence-corrected chi connectivity index (χ4v) is 3.32. The lowest BCUT2D eigenvalue weighted by Gasteiger charge is -2.10. The number of imidazole rings is 1. The van der Waals surface area contributed by atoms with Gasteiger partial charge in [-0.3, -0.25) is 4.79 Å². The number of hydrogen-bond donors (Lipinski definition) is 2. The van der Waals surface area contributed by atoms with E-state index in [9.17, 15) is 9.36 Å². The zero-order chi connectivity index (χ0) is 20.1. The summed E-state index contributed by atoms with van der Waals surface area (Å²) in [4.78, 5) is 24.4. The molecule has 1 amide bonds. The van der Waals surface area contributed by atoms with Crippen LogP contribution in [0.25, 0.3) is 11.2 Å². The molecule has 2 unspecified atom stereocenters. The highest BCUT2D eigenvalue weighted by atomic mass is 31.1. The van der Waals surface area contributed by atoms with E-state index in [-0.39, 0.29) is 12.5 Å². The number of methoxy groups -OCH3 is 1. The van der Waals surface area contributed by atoms with Crippen LogP contribution in [0.1, 0.15) is 17.3 Å². The molecule has 11 heteroatoms. The molecule has 10 nitrogen and oxygen atoms in total. The van der Waals surface area contributed by atoms with E-state index < -0.39 is 13.9 Å². The summed E-state index contributed by atoms with van der Waals surface area (Å²) in [6, 6.07) is 6.51. The van der Waals surface area contributed by atoms with Gasteiger partial charge >= 0.3 is 7.95 Å². The highest BCUT2D eigenvalue weighted by Gasteiger charge is 2.23. The van der Waals surface area contributed by atoms with Crippen molar-refractivity contribution in [2.24, 2.45) is 0 Å². The van der Waals surface area contributed by atoms with Gasteiger partial charge in [0.05, 0.1) is 26.1 Å². The second-order valence-corrected chi connectivity index (χ2v) is 7.22. The summed E-state index contributed by atoms with van der Waals surface area (Å²) in [7, 11) is -0.523. The van der Waals surface area contributed by atoms with Crippen LogP contribution in [-0.2, 0) is 15.8 Å². The first-order valence-electron chi connectivity index (χ1n) is 8.40. The number of nitrogens with zero attached hydrogens (tertiary/aromatic N) is 4. The van der Waals surface area contributed by atoms with Crippen LogP contribution in [0, 0.1) is 0 Å². The quantitative estimate of drug-likeness (QED) is 0.545. The van der Waals surface area contributed by atoms with Gasteiger partial charge in [0.2, 0.25) is 0 Å². The van der Waals surface area contributed by atoms with Crippen LogP contribution >= 0.6 is 7.95 Å². The molecular formula is C17H20N6O4P+. The maximum absolute atomic E-state index is 12.1. The van der Waals surface area contributed by atoms with Crippen molar-refractivity contribution in [2.75, 3.05) is 19.2 Å². The van der Waals surface area contributed by atoms with Gasteiger partial charge in [0.25, 0.3) is 12.3 Å². The lowest BCUT2D eigenvalue weighted by Crippen LogP contribution is -2.20. The third kappa shape index (κ3) is 4.59. The van der Waals surface area contributed by atoms with E-state index in [4.69, 9.17) is 15.2 Å². The van der Waals surface area contributed by atoms with Gasteiger partial charge in [0, 0.05) is 5.56 Å². The predicted molar refractivity (Wildman–Crippen MR) is 103 cm³/mol. The Labute approximate surface area is 161 Å². The third-order valence-corrected chi connectivity index (χ3v) is 4.77. The molecule has 0 radical (unpaired) electrons. The molecule has 0 bridgehead atoms. The molecule has 3 aromatic rings. The molecular weight excluding hydrogens is 383 g/mol. The lowest BCUT2D eigenvalue weighted by atomic mass is 10.2. The first-order chi connectivity index (χ1) is 13.5. The highest BCUT2D eigenvalue weighted by Crippen LogP contribution is 2.20. The smallest absolute Gasteiger partial charge is 0.491 e. The van der Waals surface area contributed by atoms with Crippen molar-refractivity contribution in [1.82, 2.24) is 24.6 Å². The van der Waals surface area contributed by atoms with Crippen molar-refractivity contribution >= 4 is 30.8 Å². The Hall–Kier alpha value is -3.10. The summed E-state index contributed by atoms with van der Waals surface area (Å²) in [5.74, 6) is 0.506. The van der Waals surface area contributed by atoms with Crippen LogP contribution in [-0.4, -0.2) is 45.0 Å². The molecule has 2 atom stereocenters. The molecule has 0 aliphatic rings. The second kappa shape index (κ2) is 8.73. The van der Waals surface area contributed by atoms with Gasteiger partial charge in [-0.25, -0.2) is 15.0 Å². The molecule has 0 aliphatic carbocycles. The maximum Gasteiger partial charge on any atom is 0.491 e. The molecule has 1 aromatic carbocycles. The van der Waals surface area contributed by atoms with Crippen LogP contribution in [0.3, 0.4) is 0 Å². The third-order valence-electron chi connectivity index (χ3n) is 3.94. The molecule has 28 heavy (non-hydrogen) atoms. The highest BCUT2D eigenvalue weighted by molar-refractivity contribution is 7.43. The molecule has 0 saturated carbocycles. The Bertz CT molecular complexity index is 991. The standard InChI is InChI=1S/C17H19N6O4P/c1-11(7-23-9-21-14-15(18)19-8-20-16(14)23)27-10-28(25)22-17(24)12-3-5-13(26-2)6-4-12/h3-6,8-9,11H,7,10H2,1-2H3,(H2-,18,19,20,22,24,25)/p+1. The summed E-state index contributed by atoms with van der Waals surface area (Å²) < 4.78 is 24.5. The number of anilines is 1. The van der Waals surface area contributed by atoms with Crippen molar-refractivity contribution < 1.29 is 18.8 Å². The number of carbonyl (C=O) groups excluding carboxylic acids is 1. The van der Waals surface area contributed by atoms with Gasteiger partial charge in [-0.05, 0) is 35.8 Å². The predicted octanol–water partition coefficient (Wildman–Crippen LogP) is 1.95. The van der Waals surface area contributed by atoms with Gasteiger partial charge < -0.3 is 19.8 Å². The van der Waals surface area contributed by atoms with E-state index >= 15 is 0 Å². The Morgan fingerprint density at radius 1 is 1.29 bits per heavy atom. The number of carbonyl (C=O) groups is 1. The SMILES string of the molecule is COc1ccc(C(=O)N[P+](=O)COC(C)Cn2cnc3c(N)ncnc32)cc1. The number of nitrogen functional groups attached to an aromatic ring is 1. The topological polar surface area (TPSA) is 134 Å². The lowest BCUT2D eigenvalue weighted by molar-refractivity contribution is 0.0859. The molecule has 0 aliphatic heterocycles. The Kier molecular flexibility index (Phi) is 6.13. The molecule has 3 rings (SSSR count). The van der Waals surface area contributed by atoms with E-state index in [0.717, 1.165) is 0 Å².